The summed E-state index contributed by atoms with van der Waals surface area (Å²) >= 11 is 6.20. The van der Waals surface area contributed by atoms with Crippen molar-refractivity contribution in [3.63, 3.8) is 0 Å². The number of nitrogens with zero attached hydrogens (tertiary/aromatic N) is 3. The first kappa shape index (κ1) is 18.8. The van der Waals surface area contributed by atoms with Gasteiger partial charge in [-0.2, -0.15) is 5.10 Å². The van der Waals surface area contributed by atoms with Gasteiger partial charge in [0.2, 0.25) is 0 Å². The molecule has 0 saturated carbocycles. The molecule has 1 aromatic heterocycles. The Bertz CT molecular complexity index is 727. The molecule has 1 aromatic carbocycles. The zero-order valence-corrected chi connectivity index (χ0v) is 15.6. The summed E-state index contributed by atoms with van der Waals surface area (Å²) < 4.78 is 1.80. The Morgan fingerprint density at radius 2 is 1.96 bits per heavy atom. The van der Waals surface area contributed by atoms with E-state index in [1.807, 2.05) is 43.0 Å². The summed E-state index contributed by atoms with van der Waals surface area (Å²) in [6.45, 7) is 8.32. The number of carbonyl (C=O) groups is 1. The molecule has 24 heavy (non-hydrogen) atoms. The van der Waals surface area contributed by atoms with Crippen LogP contribution in [0.25, 0.3) is 5.69 Å². The number of hydrogen-bond acceptors (Lipinski definition) is 3. The molecule has 1 aliphatic heterocycles. The summed E-state index contributed by atoms with van der Waals surface area (Å²) in [6.07, 6.45) is 0. The summed E-state index contributed by atoms with van der Waals surface area (Å²) in [6, 6.07) is 7.75. The Labute approximate surface area is 153 Å². The van der Waals surface area contributed by atoms with E-state index in [1.165, 1.54) is 0 Å². The van der Waals surface area contributed by atoms with Gasteiger partial charge >= 0.3 is 0 Å². The minimum absolute atomic E-state index is 0. The van der Waals surface area contributed by atoms with Gasteiger partial charge < -0.3 is 10.2 Å². The highest BCUT2D eigenvalue weighted by atomic mass is 35.5. The molecule has 2 heterocycles. The van der Waals surface area contributed by atoms with Gasteiger partial charge in [-0.1, -0.05) is 11.6 Å². The summed E-state index contributed by atoms with van der Waals surface area (Å²) in [7, 11) is 0. The van der Waals surface area contributed by atoms with Gasteiger partial charge in [-0.3, -0.25) is 4.79 Å². The highest BCUT2D eigenvalue weighted by Crippen LogP contribution is 2.22. The summed E-state index contributed by atoms with van der Waals surface area (Å²) in [4.78, 5) is 14.6. The number of piperazine rings is 1. The molecular weight excluding hydrogens is 347 g/mol. The van der Waals surface area contributed by atoms with Crippen molar-refractivity contribution in [3.05, 3.63) is 46.2 Å². The first-order valence-electron chi connectivity index (χ1n) is 7.83. The van der Waals surface area contributed by atoms with E-state index in [9.17, 15) is 4.79 Å². The maximum absolute atomic E-state index is 12.6. The molecule has 0 unspecified atom stereocenters. The molecule has 1 fully saturated rings. The minimum atomic E-state index is 0. The second kappa shape index (κ2) is 7.55. The van der Waals surface area contributed by atoms with Gasteiger partial charge in [0.1, 0.15) is 0 Å². The maximum atomic E-state index is 12.6. The first-order valence-corrected chi connectivity index (χ1v) is 8.20. The van der Waals surface area contributed by atoms with Crippen molar-refractivity contribution in [2.45, 2.75) is 26.8 Å². The second-order valence-electron chi connectivity index (χ2n) is 6.00. The normalized spacial score (nSPS) is 17.5. The van der Waals surface area contributed by atoms with E-state index < -0.39 is 0 Å². The predicted molar refractivity (Wildman–Crippen MR) is 98.7 cm³/mol. The van der Waals surface area contributed by atoms with Gasteiger partial charge in [0.25, 0.3) is 5.91 Å². The van der Waals surface area contributed by atoms with Crippen molar-refractivity contribution in [1.82, 2.24) is 20.0 Å². The molecular formula is C17H22Cl2N4O. The molecule has 7 heteroatoms. The number of halogens is 2. The number of carbonyl (C=O) groups excluding carboxylic acids is 1. The lowest BCUT2D eigenvalue weighted by atomic mass is 10.1. The van der Waals surface area contributed by atoms with E-state index in [0.29, 0.717) is 10.6 Å². The van der Waals surface area contributed by atoms with Crippen molar-refractivity contribution in [3.8, 4) is 5.69 Å². The average molecular weight is 369 g/mol. The van der Waals surface area contributed by atoms with Gasteiger partial charge in [0.15, 0.2) is 0 Å². The number of hydrogen-bond donors (Lipinski definition) is 1. The molecule has 0 aliphatic carbocycles. The summed E-state index contributed by atoms with van der Waals surface area (Å²) in [5, 5.41) is 8.42. The number of amides is 1. The lowest BCUT2D eigenvalue weighted by Crippen LogP contribution is -2.52. The van der Waals surface area contributed by atoms with Gasteiger partial charge in [-0.25, -0.2) is 4.68 Å². The smallest absolute Gasteiger partial charge is 0.254 e. The molecule has 0 spiro atoms. The third-order valence-corrected chi connectivity index (χ3v) is 4.87. The monoisotopic (exact) mass is 368 g/mol. The molecule has 1 amide bonds. The third kappa shape index (κ3) is 3.43. The Hall–Kier alpha value is -1.56. The molecule has 5 nitrogen and oxygen atoms in total. The van der Waals surface area contributed by atoms with Crippen molar-refractivity contribution in [1.29, 1.82) is 0 Å². The maximum Gasteiger partial charge on any atom is 0.254 e. The molecule has 1 saturated heterocycles. The van der Waals surface area contributed by atoms with Crippen LogP contribution in [0.3, 0.4) is 0 Å². The van der Waals surface area contributed by atoms with E-state index in [-0.39, 0.29) is 24.4 Å². The van der Waals surface area contributed by atoms with Gasteiger partial charge in [0, 0.05) is 31.2 Å². The number of benzene rings is 1. The molecule has 3 rings (SSSR count). The van der Waals surface area contributed by atoms with Gasteiger partial charge in [-0.05, 0) is 45.0 Å². The highest BCUT2D eigenvalue weighted by Gasteiger charge is 2.24. The lowest BCUT2D eigenvalue weighted by molar-refractivity contribution is 0.0656. The Kier molecular flexibility index (Phi) is 5.91. The fourth-order valence-electron chi connectivity index (χ4n) is 2.93. The van der Waals surface area contributed by atoms with E-state index in [2.05, 4.69) is 17.3 Å². The lowest BCUT2D eigenvalue weighted by Gasteiger charge is -2.34. The Morgan fingerprint density at radius 3 is 2.50 bits per heavy atom. The molecule has 0 radical (unpaired) electrons. The van der Waals surface area contributed by atoms with Crippen molar-refractivity contribution < 1.29 is 4.79 Å². The molecule has 0 bridgehead atoms. The van der Waals surface area contributed by atoms with Crippen LogP contribution < -0.4 is 5.32 Å². The van der Waals surface area contributed by atoms with Gasteiger partial charge in [0.05, 0.1) is 22.1 Å². The molecule has 1 aliphatic rings. The van der Waals surface area contributed by atoms with Crippen LogP contribution in [0.1, 0.15) is 28.7 Å². The van der Waals surface area contributed by atoms with E-state index >= 15 is 0 Å². The van der Waals surface area contributed by atoms with Crippen LogP contribution >= 0.6 is 24.0 Å². The molecule has 2 aromatic rings. The SMILES string of the molecule is Cc1nn(-c2ccc(C(=O)N3CCNC[C@H]3C)cc2)c(C)c1Cl.Cl. The zero-order chi connectivity index (χ0) is 16.6. The number of nitrogens with one attached hydrogen (secondary N) is 1. The Morgan fingerprint density at radius 1 is 1.29 bits per heavy atom. The van der Waals surface area contributed by atoms with Crippen LogP contribution in [0.4, 0.5) is 0 Å². The largest absolute Gasteiger partial charge is 0.333 e. The van der Waals surface area contributed by atoms with Crippen LogP contribution in [0, 0.1) is 13.8 Å². The summed E-state index contributed by atoms with van der Waals surface area (Å²) in [5.74, 6) is 0.0805. The van der Waals surface area contributed by atoms with Crippen molar-refractivity contribution in [2.24, 2.45) is 0 Å². The second-order valence-corrected chi connectivity index (χ2v) is 6.37. The number of aromatic nitrogens is 2. The van der Waals surface area contributed by atoms with E-state index in [4.69, 9.17) is 11.6 Å². The molecule has 1 atom stereocenters. The highest BCUT2D eigenvalue weighted by molar-refractivity contribution is 6.31. The van der Waals surface area contributed by atoms with E-state index in [1.54, 1.807) is 4.68 Å². The zero-order valence-electron chi connectivity index (χ0n) is 14.0. The van der Waals surface area contributed by atoms with Crippen LogP contribution in [-0.2, 0) is 0 Å². The fraction of sp³-hybridized carbons (Fsp3) is 0.412. The average Bonchev–Trinajstić information content (AvgIpc) is 2.82. The first-order chi connectivity index (χ1) is 11.0. The van der Waals surface area contributed by atoms with E-state index in [0.717, 1.165) is 36.7 Å². The molecule has 130 valence electrons. The Balaban J connectivity index is 0.00000208. The topological polar surface area (TPSA) is 50.2 Å². The number of aryl methyl sites for hydroxylation is 1. The third-order valence-electron chi connectivity index (χ3n) is 4.32. The van der Waals surface area contributed by atoms with Crippen molar-refractivity contribution >= 4 is 29.9 Å². The molecule has 1 N–H and O–H groups in total. The van der Waals surface area contributed by atoms with Crippen molar-refractivity contribution in [2.75, 3.05) is 19.6 Å². The minimum Gasteiger partial charge on any atom is -0.333 e. The van der Waals surface area contributed by atoms with Crippen LogP contribution in [0.2, 0.25) is 5.02 Å². The predicted octanol–water partition coefficient (Wildman–Crippen LogP) is 3.00. The van der Waals surface area contributed by atoms with Crippen LogP contribution in [-0.4, -0.2) is 46.3 Å². The van der Waals surface area contributed by atoms with Crippen LogP contribution in [0.5, 0.6) is 0 Å². The standard InChI is InChI=1S/C17H21ClN4O.ClH/c1-11-10-19-8-9-21(11)17(23)14-4-6-15(7-5-14)22-13(3)16(18)12(2)20-22;/h4-7,11,19H,8-10H2,1-3H3;1H/t11-;/m1./s1. The summed E-state index contributed by atoms with van der Waals surface area (Å²) in [5.41, 5.74) is 3.32. The number of rotatable bonds is 2. The quantitative estimate of drug-likeness (QED) is 0.886. The fourth-order valence-corrected chi connectivity index (χ4v) is 3.05. The van der Waals surface area contributed by atoms with Crippen LogP contribution in [0.15, 0.2) is 24.3 Å². The van der Waals surface area contributed by atoms with Gasteiger partial charge in [-0.15, -0.1) is 12.4 Å².